The molecule has 0 aliphatic rings. The van der Waals surface area contributed by atoms with Crippen LogP contribution in [0.1, 0.15) is 32.0 Å². The fourth-order valence-corrected chi connectivity index (χ4v) is 3.72. The van der Waals surface area contributed by atoms with Gasteiger partial charge in [0.25, 0.3) is 5.91 Å². The number of aryl methyl sites for hydroxylation is 1. The molecule has 0 bridgehead atoms. The smallest absolute Gasteiger partial charge is 0.343 e. The standard InChI is InChI=1S/C21H14Br2FN3O3/c1-12-5-6-14(10-25-12)20(28)27-26-11-15-7-16(22)9-18(23)19(15)30-21(29)13-3-2-4-17(24)8-13/h2-11H,1H3,(H,27,28)/b26-11+. The summed E-state index contributed by atoms with van der Waals surface area (Å²) in [5, 5.41) is 3.93. The third kappa shape index (κ3) is 5.58. The second kappa shape index (κ2) is 9.73. The Morgan fingerprint density at radius 1 is 1.13 bits per heavy atom. The van der Waals surface area contributed by atoms with Gasteiger partial charge in [-0.25, -0.2) is 14.6 Å². The maximum Gasteiger partial charge on any atom is 0.343 e. The summed E-state index contributed by atoms with van der Waals surface area (Å²) in [6, 6.07) is 11.9. The number of ether oxygens (including phenoxy) is 1. The SMILES string of the molecule is Cc1ccc(C(=O)N/N=C/c2cc(Br)cc(Br)c2OC(=O)c2cccc(F)c2)cn1. The van der Waals surface area contributed by atoms with E-state index >= 15 is 0 Å². The number of carbonyl (C=O) groups is 2. The molecule has 1 amide bonds. The van der Waals surface area contributed by atoms with E-state index in [1.807, 2.05) is 6.92 Å². The number of carbonyl (C=O) groups excluding carboxylic acids is 2. The van der Waals surface area contributed by atoms with E-state index in [0.29, 0.717) is 20.1 Å². The predicted octanol–water partition coefficient (Wildman–Crippen LogP) is 5.04. The molecular formula is C21H14Br2FN3O3. The molecule has 9 heteroatoms. The highest BCUT2D eigenvalue weighted by Gasteiger charge is 2.16. The van der Waals surface area contributed by atoms with Gasteiger partial charge in [0.1, 0.15) is 5.82 Å². The summed E-state index contributed by atoms with van der Waals surface area (Å²) in [4.78, 5) is 28.6. The fourth-order valence-electron chi connectivity index (χ4n) is 2.38. The molecule has 3 rings (SSSR count). The number of halogens is 3. The maximum absolute atomic E-state index is 13.4. The number of esters is 1. The Labute approximate surface area is 188 Å². The number of amides is 1. The molecule has 0 fully saturated rings. The quantitative estimate of drug-likeness (QED) is 0.215. The van der Waals surface area contributed by atoms with Crippen molar-refractivity contribution in [3.05, 3.63) is 91.9 Å². The first-order valence-corrected chi connectivity index (χ1v) is 10.1. The van der Waals surface area contributed by atoms with Crippen LogP contribution in [0.15, 0.2) is 68.8 Å². The monoisotopic (exact) mass is 533 g/mol. The van der Waals surface area contributed by atoms with Gasteiger partial charge < -0.3 is 4.74 Å². The second-order valence-corrected chi connectivity index (χ2v) is 7.86. The molecule has 30 heavy (non-hydrogen) atoms. The largest absolute Gasteiger partial charge is 0.421 e. The highest BCUT2D eigenvalue weighted by atomic mass is 79.9. The molecule has 2 aromatic carbocycles. The van der Waals surface area contributed by atoms with Crippen LogP contribution in [0.4, 0.5) is 4.39 Å². The number of pyridine rings is 1. The van der Waals surface area contributed by atoms with Gasteiger partial charge in [-0.2, -0.15) is 5.10 Å². The molecule has 1 heterocycles. The lowest BCUT2D eigenvalue weighted by molar-refractivity contribution is 0.0732. The Balaban J connectivity index is 1.80. The van der Waals surface area contributed by atoms with Gasteiger partial charge in [-0.15, -0.1) is 0 Å². The number of hydrazone groups is 1. The minimum Gasteiger partial charge on any atom is -0.421 e. The highest BCUT2D eigenvalue weighted by Crippen LogP contribution is 2.32. The topological polar surface area (TPSA) is 80.6 Å². The van der Waals surface area contributed by atoms with E-state index < -0.39 is 17.7 Å². The summed E-state index contributed by atoms with van der Waals surface area (Å²) >= 11 is 6.69. The fraction of sp³-hybridized carbons (Fsp3) is 0.0476. The average Bonchev–Trinajstić information content (AvgIpc) is 2.70. The number of aromatic nitrogens is 1. The third-order valence-corrected chi connectivity index (χ3v) is 4.88. The molecule has 6 nitrogen and oxygen atoms in total. The van der Waals surface area contributed by atoms with Gasteiger partial charge in [-0.1, -0.05) is 22.0 Å². The molecule has 0 aliphatic heterocycles. The van der Waals surface area contributed by atoms with E-state index in [-0.39, 0.29) is 11.3 Å². The van der Waals surface area contributed by atoms with E-state index in [0.717, 1.165) is 11.8 Å². The lowest BCUT2D eigenvalue weighted by atomic mass is 10.2. The molecule has 0 radical (unpaired) electrons. The van der Waals surface area contributed by atoms with Gasteiger partial charge in [-0.3, -0.25) is 9.78 Å². The predicted molar refractivity (Wildman–Crippen MR) is 117 cm³/mol. The van der Waals surface area contributed by atoms with E-state index in [1.165, 1.54) is 30.6 Å². The van der Waals surface area contributed by atoms with Crippen molar-refractivity contribution in [2.45, 2.75) is 6.92 Å². The average molecular weight is 535 g/mol. The van der Waals surface area contributed by atoms with Gasteiger partial charge in [-0.05, 0) is 65.3 Å². The van der Waals surface area contributed by atoms with Crippen LogP contribution in [-0.4, -0.2) is 23.1 Å². The zero-order valence-corrected chi connectivity index (χ0v) is 18.7. The molecule has 0 saturated heterocycles. The van der Waals surface area contributed by atoms with Gasteiger partial charge >= 0.3 is 5.97 Å². The van der Waals surface area contributed by atoms with Crippen LogP contribution in [0, 0.1) is 12.7 Å². The zero-order valence-electron chi connectivity index (χ0n) is 15.5. The Bertz CT molecular complexity index is 1130. The summed E-state index contributed by atoms with van der Waals surface area (Å²) in [7, 11) is 0. The van der Waals surface area contributed by atoms with E-state index in [1.54, 1.807) is 24.3 Å². The van der Waals surface area contributed by atoms with Crippen molar-refractivity contribution in [2.75, 3.05) is 0 Å². The normalized spacial score (nSPS) is 10.8. The molecule has 0 spiro atoms. The molecule has 1 N–H and O–H groups in total. The van der Waals surface area contributed by atoms with Crippen LogP contribution < -0.4 is 10.2 Å². The molecule has 0 unspecified atom stereocenters. The third-order valence-electron chi connectivity index (χ3n) is 3.84. The van der Waals surface area contributed by atoms with Crippen LogP contribution in [-0.2, 0) is 0 Å². The molecule has 1 aromatic heterocycles. The lowest BCUT2D eigenvalue weighted by Gasteiger charge is -2.10. The Kier molecular flexibility index (Phi) is 7.07. The van der Waals surface area contributed by atoms with Gasteiger partial charge in [0, 0.05) is 21.9 Å². The van der Waals surface area contributed by atoms with Crippen molar-refractivity contribution < 1.29 is 18.7 Å². The van der Waals surface area contributed by atoms with Crippen LogP contribution in [0.2, 0.25) is 0 Å². The molecule has 0 atom stereocenters. The number of hydrogen-bond acceptors (Lipinski definition) is 5. The maximum atomic E-state index is 13.4. The number of nitrogens with zero attached hydrogens (tertiary/aromatic N) is 2. The van der Waals surface area contributed by atoms with Gasteiger partial charge in [0.15, 0.2) is 5.75 Å². The highest BCUT2D eigenvalue weighted by molar-refractivity contribution is 9.11. The zero-order chi connectivity index (χ0) is 21.7. The van der Waals surface area contributed by atoms with Crippen molar-refractivity contribution in [3.8, 4) is 5.75 Å². The number of rotatable bonds is 5. The minimum atomic E-state index is -0.734. The summed E-state index contributed by atoms with van der Waals surface area (Å²) in [6.45, 7) is 1.82. The molecular weight excluding hydrogens is 521 g/mol. The van der Waals surface area contributed by atoms with Crippen molar-refractivity contribution in [1.29, 1.82) is 0 Å². The first-order chi connectivity index (χ1) is 14.3. The summed E-state index contributed by atoms with van der Waals surface area (Å²) < 4.78 is 20.0. The van der Waals surface area contributed by atoms with Gasteiger partial charge in [0.05, 0.1) is 21.8 Å². The Morgan fingerprint density at radius 2 is 1.93 bits per heavy atom. The van der Waals surface area contributed by atoms with E-state index in [2.05, 4.69) is 47.4 Å². The van der Waals surface area contributed by atoms with Crippen LogP contribution in [0.3, 0.4) is 0 Å². The molecule has 0 aliphatic carbocycles. The van der Waals surface area contributed by atoms with Crippen LogP contribution in [0.5, 0.6) is 5.75 Å². The van der Waals surface area contributed by atoms with Crippen molar-refractivity contribution >= 4 is 50.0 Å². The second-order valence-electron chi connectivity index (χ2n) is 6.09. The van der Waals surface area contributed by atoms with Crippen molar-refractivity contribution in [1.82, 2.24) is 10.4 Å². The van der Waals surface area contributed by atoms with Crippen molar-refractivity contribution in [3.63, 3.8) is 0 Å². The van der Waals surface area contributed by atoms with E-state index in [4.69, 9.17) is 4.74 Å². The van der Waals surface area contributed by atoms with E-state index in [9.17, 15) is 14.0 Å². The summed E-state index contributed by atoms with van der Waals surface area (Å²) in [5.74, 6) is -1.55. The molecule has 3 aromatic rings. The first-order valence-electron chi connectivity index (χ1n) is 8.56. The number of nitrogens with one attached hydrogen (secondary N) is 1. The van der Waals surface area contributed by atoms with Crippen molar-refractivity contribution in [2.24, 2.45) is 5.10 Å². The van der Waals surface area contributed by atoms with Crippen LogP contribution in [0.25, 0.3) is 0 Å². The molecule has 0 saturated carbocycles. The van der Waals surface area contributed by atoms with Gasteiger partial charge in [0.2, 0.25) is 0 Å². The summed E-state index contributed by atoms with van der Waals surface area (Å²) in [5.41, 5.74) is 4.01. The molecule has 152 valence electrons. The first kappa shape index (κ1) is 21.8. The summed E-state index contributed by atoms with van der Waals surface area (Å²) in [6.07, 6.45) is 2.78. The number of benzene rings is 2. The number of hydrogen-bond donors (Lipinski definition) is 1. The Morgan fingerprint density at radius 3 is 2.63 bits per heavy atom. The lowest BCUT2D eigenvalue weighted by Crippen LogP contribution is -2.18. The minimum absolute atomic E-state index is 0.0629. The van der Waals surface area contributed by atoms with Crippen LogP contribution >= 0.6 is 31.9 Å². The Hall–Kier alpha value is -2.91.